The van der Waals surface area contributed by atoms with Crippen molar-refractivity contribution in [2.75, 3.05) is 34.2 Å². The highest BCUT2D eigenvalue weighted by molar-refractivity contribution is 5.65. The number of nitrogens with one attached hydrogen (secondary N) is 1. The van der Waals surface area contributed by atoms with E-state index in [9.17, 15) is 9.90 Å². The molecule has 0 amide bonds. The maximum Gasteiger partial charge on any atom is 0.0940 e. The number of aliphatic carboxylic acids is 1. The molecule has 0 saturated heterocycles. The third kappa shape index (κ3) is 8.01. The molecule has 0 bridgehead atoms. The zero-order chi connectivity index (χ0) is 11.2. The van der Waals surface area contributed by atoms with Crippen molar-refractivity contribution in [2.24, 2.45) is 0 Å². The first-order valence-electron chi connectivity index (χ1n) is 5.09. The molecule has 4 nitrogen and oxygen atoms in total. The van der Waals surface area contributed by atoms with Gasteiger partial charge in [-0.2, -0.15) is 0 Å². The summed E-state index contributed by atoms with van der Waals surface area (Å²) in [4.78, 5) is 10.5. The van der Waals surface area contributed by atoms with Crippen LogP contribution in [0.15, 0.2) is 0 Å². The molecule has 0 radical (unpaired) electrons. The lowest BCUT2D eigenvalue weighted by Crippen LogP contribution is -2.49. The Balaban J connectivity index is 4.03. The molecule has 0 aliphatic carbocycles. The van der Waals surface area contributed by atoms with Crippen LogP contribution in [0.5, 0.6) is 0 Å². The number of likely N-dealkylation sites (N-methyl/N-ethyl adjacent to an activating group) is 1. The summed E-state index contributed by atoms with van der Waals surface area (Å²) < 4.78 is 0.759. The van der Waals surface area contributed by atoms with Gasteiger partial charge in [-0.3, -0.25) is 0 Å². The van der Waals surface area contributed by atoms with Crippen LogP contribution in [0.4, 0.5) is 0 Å². The number of hydrogen-bond acceptors (Lipinski definition) is 3. The van der Waals surface area contributed by atoms with Crippen molar-refractivity contribution in [3.63, 3.8) is 0 Å². The van der Waals surface area contributed by atoms with E-state index in [2.05, 4.69) is 33.4 Å². The summed E-state index contributed by atoms with van der Waals surface area (Å²) in [7, 11) is 6.15. The Morgan fingerprint density at radius 1 is 1.43 bits per heavy atom. The molecule has 0 aliphatic heterocycles. The molecule has 0 heterocycles. The fourth-order valence-electron chi connectivity index (χ4n) is 1.41. The van der Waals surface area contributed by atoms with E-state index in [0.29, 0.717) is 0 Å². The van der Waals surface area contributed by atoms with Crippen molar-refractivity contribution in [3.05, 3.63) is 0 Å². The molecule has 0 saturated carbocycles. The monoisotopic (exact) mass is 202 g/mol. The summed E-state index contributed by atoms with van der Waals surface area (Å²) in [5.74, 6) is -0.980. The van der Waals surface area contributed by atoms with E-state index in [1.807, 2.05) is 0 Å². The Bertz CT molecular complexity index is 175. The fraction of sp³-hybridized carbons (Fsp3) is 0.900. The Kier molecular flexibility index (Phi) is 5.72. The van der Waals surface area contributed by atoms with Gasteiger partial charge in [-0.1, -0.05) is 6.92 Å². The first-order valence-corrected chi connectivity index (χ1v) is 5.09. The molecule has 0 aromatic rings. The van der Waals surface area contributed by atoms with E-state index in [4.69, 9.17) is 0 Å². The molecule has 0 aromatic carbocycles. The Hall–Kier alpha value is -0.610. The highest BCUT2D eigenvalue weighted by Gasteiger charge is 2.17. The number of quaternary nitrogens is 1. The molecule has 14 heavy (non-hydrogen) atoms. The van der Waals surface area contributed by atoms with Gasteiger partial charge < -0.3 is 19.7 Å². The third-order valence-corrected chi connectivity index (χ3v) is 1.86. The van der Waals surface area contributed by atoms with Crippen molar-refractivity contribution in [3.8, 4) is 0 Å². The van der Waals surface area contributed by atoms with Gasteiger partial charge in [-0.05, 0) is 13.0 Å². The normalized spacial score (nSPS) is 14.0. The lowest BCUT2D eigenvalue weighted by atomic mass is 10.2. The van der Waals surface area contributed by atoms with Crippen LogP contribution >= 0.6 is 0 Å². The Morgan fingerprint density at radius 2 is 2.00 bits per heavy atom. The minimum atomic E-state index is -0.980. The molecular weight excluding hydrogens is 180 g/mol. The molecule has 1 N–H and O–H groups in total. The van der Waals surface area contributed by atoms with Gasteiger partial charge in [0.25, 0.3) is 0 Å². The minimum Gasteiger partial charge on any atom is -0.550 e. The van der Waals surface area contributed by atoms with Gasteiger partial charge in [-0.25, -0.2) is 0 Å². The zero-order valence-corrected chi connectivity index (χ0v) is 9.67. The molecule has 84 valence electrons. The number of carbonyl (C=O) groups is 1. The minimum absolute atomic E-state index is 0.0138. The number of carbonyl (C=O) groups excluding carboxylic acids is 1. The smallest absolute Gasteiger partial charge is 0.0940 e. The summed E-state index contributed by atoms with van der Waals surface area (Å²) in [5, 5.41) is 13.7. The molecule has 0 aromatic heterocycles. The van der Waals surface area contributed by atoms with Gasteiger partial charge in [0.05, 0.1) is 33.7 Å². The van der Waals surface area contributed by atoms with Gasteiger partial charge in [0, 0.05) is 12.4 Å². The predicted octanol–water partition coefficient (Wildman–Crippen LogP) is -0.799. The highest BCUT2D eigenvalue weighted by Crippen LogP contribution is 1.99. The van der Waals surface area contributed by atoms with Crippen LogP contribution in [0.2, 0.25) is 0 Å². The van der Waals surface area contributed by atoms with Crippen LogP contribution in [0.3, 0.4) is 0 Å². The lowest BCUT2D eigenvalue weighted by molar-refractivity contribution is -0.871. The molecule has 0 rings (SSSR count). The summed E-state index contributed by atoms with van der Waals surface area (Å²) in [6.45, 7) is 3.72. The maximum absolute atomic E-state index is 10.5. The van der Waals surface area contributed by atoms with Crippen LogP contribution < -0.4 is 10.4 Å². The third-order valence-electron chi connectivity index (χ3n) is 1.86. The quantitative estimate of drug-likeness (QED) is 0.550. The molecule has 1 unspecified atom stereocenters. The van der Waals surface area contributed by atoms with Crippen LogP contribution in [-0.4, -0.2) is 50.7 Å². The number of carboxylic acid groups (broad SMARTS) is 1. The average Bonchev–Trinajstić information content (AvgIpc) is 1.96. The fourth-order valence-corrected chi connectivity index (χ4v) is 1.41. The first kappa shape index (κ1) is 13.4. The van der Waals surface area contributed by atoms with E-state index in [1.165, 1.54) is 0 Å². The van der Waals surface area contributed by atoms with Gasteiger partial charge in [0.1, 0.15) is 0 Å². The Morgan fingerprint density at radius 3 is 2.36 bits per heavy atom. The van der Waals surface area contributed by atoms with Crippen LogP contribution in [0.1, 0.15) is 19.8 Å². The summed E-state index contributed by atoms with van der Waals surface area (Å²) in [6.07, 6.45) is 1.11. The molecule has 0 aliphatic rings. The van der Waals surface area contributed by atoms with E-state index < -0.39 is 5.97 Å². The molecule has 4 heteroatoms. The second-order valence-electron chi connectivity index (χ2n) is 4.70. The average molecular weight is 202 g/mol. The maximum atomic E-state index is 10.5. The number of carboxylic acids is 1. The molecule has 1 atom stereocenters. The van der Waals surface area contributed by atoms with Gasteiger partial charge in [0.2, 0.25) is 0 Å². The molecule has 0 spiro atoms. The van der Waals surface area contributed by atoms with Crippen molar-refractivity contribution in [1.29, 1.82) is 0 Å². The summed E-state index contributed by atoms with van der Waals surface area (Å²) >= 11 is 0. The highest BCUT2D eigenvalue weighted by atomic mass is 16.4. The topological polar surface area (TPSA) is 52.2 Å². The number of hydrogen-bond donors (Lipinski definition) is 1. The largest absolute Gasteiger partial charge is 0.550 e. The van der Waals surface area contributed by atoms with Crippen molar-refractivity contribution < 1.29 is 14.4 Å². The van der Waals surface area contributed by atoms with E-state index in [1.54, 1.807) is 0 Å². The standard InChI is InChI=1S/C10H22N2O2/c1-5-6-11-9(7-10(13)14)8-12(2,3)4/h9,11H,5-8H2,1-4H3. The second-order valence-corrected chi connectivity index (χ2v) is 4.70. The van der Waals surface area contributed by atoms with Crippen LogP contribution in [0.25, 0.3) is 0 Å². The Labute approximate surface area is 86.5 Å². The number of nitrogens with zero attached hydrogens (tertiary/aromatic N) is 1. The van der Waals surface area contributed by atoms with E-state index in [-0.39, 0.29) is 12.5 Å². The van der Waals surface area contributed by atoms with Crippen LogP contribution in [0, 0.1) is 0 Å². The summed E-state index contributed by atoms with van der Waals surface area (Å²) in [6, 6.07) is 0.0138. The van der Waals surface area contributed by atoms with Crippen molar-refractivity contribution in [1.82, 2.24) is 5.32 Å². The lowest BCUT2D eigenvalue weighted by Gasteiger charge is -2.30. The van der Waals surface area contributed by atoms with Gasteiger partial charge >= 0.3 is 0 Å². The van der Waals surface area contributed by atoms with Crippen LogP contribution in [-0.2, 0) is 4.79 Å². The van der Waals surface area contributed by atoms with Crippen molar-refractivity contribution in [2.45, 2.75) is 25.8 Å². The van der Waals surface area contributed by atoms with Crippen molar-refractivity contribution >= 4 is 5.97 Å². The molecule has 0 fully saturated rings. The second kappa shape index (κ2) is 5.98. The van der Waals surface area contributed by atoms with E-state index in [0.717, 1.165) is 24.0 Å². The van der Waals surface area contributed by atoms with Gasteiger partial charge in [0.15, 0.2) is 0 Å². The predicted molar refractivity (Wildman–Crippen MR) is 54.6 cm³/mol. The molecular formula is C10H22N2O2. The number of rotatable bonds is 7. The zero-order valence-electron chi connectivity index (χ0n) is 9.67. The first-order chi connectivity index (χ1) is 6.35. The van der Waals surface area contributed by atoms with E-state index >= 15 is 0 Å². The SMILES string of the molecule is CCCNC(CC(=O)[O-])C[N+](C)(C)C. The summed E-state index contributed by atoms with van der Waals surface area (Å²) in [5.41, 5.74) is 0. The van der Waals surface area contributed by atoms with Gasteiger partial charge in [-0.15, -0.1) is 0 Å².